The fourth-order valence-electron chi connectivity index (χ4n) is 1.90. The largest absolute Gasteiger partial charge is 0.290 e. The van der Waals surface area contributed by atoms with Crippen LogP contribution >= 0.6 is 11.8 Å². The van der Waals surface area contributed by atoms with Gasteiger partial charge in [-0.2, -0.15) is 0 Å². The van der Waals surface area contributed by atoms with E-state index in [0.29, 0.717) is 11.7 Å². The summed E-state index contributed by atoms with van der Waals surface area (Å²) in [5, 5.41) is 1.21. The van der Waals surface area contributed by atoms with Crippen LogP contribution in [0.15, 0.2) is 29.5 Å². The number of rotatable bonds is 4. The average Bonchev–Trinajstić information content (AvgIpc) is 2.78. The predicted octanol–water partition coefficient (Wildman–Crippen LogP) is 3.22. The maximum Gasteiger partial charge on any atom is 0.228 e. The van der Waals surface area contributed by atoms with Crippen molar-refractivity contribution in [3.05, 3.63) is 24.5 Å². The molecule has 0 aromatic carbocycles. The van der Waals surface area contributed by atoms with Crippen LogP contribution in [0.2, 0.25) is 0 Å². The number of aromatic nitrogens is 1. The van der Waals surface area contributed by atoms with Crippen molar-refractivity contribution < 1.29 is 4.79 Å². The lowest BCUT2D eigenvalue weighted by Gasteiger charge is -2.15. The molecule has 1 aliphatic heterocycles. The van der Waals surface area contributed by atoms with Gasteiger partial charge in [-0.15, -0.1) is 0 Å². The summed E-state index contributed by atoms with van der Waals surface area (Å²) >= 11 is 1.66. The predicted molar refractivity (Wildman–Crippen MR) is 79.6 cm³/mol. The highest BCUT2D eigenvalue weighted by atomic mass is 32.2. The van der Waals surface area contributed by atoms with Crippen molar-refractivity contribution in [2.45, 2.75) is 38.4 Å². The van der Waals surface area contributed by atoms with Crippen LogP contribution in [-0.2, 0) is 4.79 Å². The van der Waals surface area contributed by atoms with Gasteiger partial charge in [0.2, 0.25) is 5.91 Å². The average molecular weight is 277 g/mol. The van der Waals surface area contributed by atoms with E-state index in [0.717, 1.165) is 30.2 Å². The van der Waals surface area contributed by atoms with Crippen molar-refractivity contribution in [1.29, 1.82) is 0 Å². The van der Waals surface area contributed by atoms with Crippen LogP contribution in [0, 0.1) is 0 Å². The molecule has 0 saturated carbocycles. The molecule has 19 heavy (non-hydrogen) atoms. The fourth-order valence-corrected chi connectivity index (χ4v) is 2.95. The summed E-state index contributed by atoms with van der Waals surface area (Å²) in [5.41, 5.74) is 0.799. The molecule has 2 rings (SSSR count). The lowest BCUT2D eigenvalue weighted by molar-refractivity contribution is -0.127. The summed E-state index contributed by atoms with van der Waals surface area (Å²) in [6.07, 6.45) is 6.02. The van der Waals surface area contributed by atoms with Crippen molar-refractivity contribution in [3.63, 3.8) is 0 Å². The summed E-state index contributed by atoms with van der Waals surface area (Å²) in [6.45, 7) is 4.97. The van der Waals surface area contributed by atoms with Gasteiger partial charge < -0.3 is 0 Å². The van der Waals surface area contributed by atoms with Crippen LogP contribution in [0.25, 0.3) is 0 Å². The van der Waals surface area contributed by atoms with Gasteiger partial charge in [-0.1, -0.05) is 32.0 Å². The molecular weight excluding hydrogens is 258 g/mol. The van der Waals surface area contributed by atoms with Crippen LogP contribution in [-0.4, -0.2) is 32.8 Å². The molecule has 4 nitrogen and oxygen atoms in total. The monoisotopic (exact) mass is 277 g/mol. The summed E-state index contributed by atoms with van der Waals surface area (Å²) < 4.78 is 0. The second-order valence-electron chi connectivity index (χ2n) is 4.64. The maximum atomic E-state index is 12.2. The number of aliphatic imine (C=N–C) groups is 1. The highest BCUT2D eigenvalue weighted by molar-refractivity contribution is 8.14. The molecule has 5 heteroatoms. The molecule has 0 aliphatic carbocycles. The Balaban J connectivity index is 2.13. The van der Waals surface area contributed by atoms with E-state index in [1.807, 2.05) is 17.0 Å². The van der Waals surface area contributed by atoms with Crippen molar-refractivity contribution in [2.75, 3.05) is 6.54 Å². The lowest BCUT2D eigenvalue weighted by atomic mass is 10.2. The molecule has 0 N–H and O–H groups in total. The summed E-state index contributed by atoms with van der Waals surface area (Å²) in [6, 6.07) is 3.75. The molecule has 1 aliphatic rings. The van der Waals surface area contributed by atoms with Gasteiger partial charge in [0.15, 0.2) is 5.17 Å². The molecule has 0 radical (unpaired) electrons. The Morgan fingerprint density at radius 1 is 1.63 bits per heavy atom. The zero-order chi connectivity index (χ0) is 13.7. The number of carbonyl (C=O) groups excluding carboxylic acids is 1. The van der Waals surface area contributed by atoms with E-state index in [1.165, 1.54) is 0 Å². The first kappa shape index (κ1) is 14.1. The first-order valence-electron chi connectivity index (χ1n) is 6.66. The van der Waals surface area contributed by atoms with Crippen LogP contribution < -0.4 is 0 Å². The van der Waals surface area contributed by atoms with Crippen LogP contribution in [0.1, 0.15) is 33.1 Å². The minimum absolute atomic E-state index is 0.182. The van der Waals surface area contributed by atoms with Gasteiger partial charge in [0.1, 0.15) is 0 Å². The van der Waals surface area contributed by atoms with Gasteiger partial charge in [-0.3, -0.25) is 14.7 Å². The van der Waals surface area contributed by atoms with E-state index in [9.17, 15) is 4.79 Å². The molecule has 0 bridgehead atoms. The van der Waals surface area contributed by atoms with Crippen LogP contribution in [0.4, 0.5) is 5.69 Å². The molecule has 1 amide bonds. The second-order valence-corrected chi connectivity index (χ2v) is 6.05. The van der Waals surface area contributed by atoms with E-state index in [4.69, 9.17) is 0 Å². The molecule has 1 saturated heterocycles. The van der Waals surface area contributed by atoms with Crippen LogP contribution in [0.5, 0.6) is 0 Å². The Kier molecular flexibility index (Phi) is 4.96. The zero-order valence-corrected chi connectivity index (χ0v) is 12.2. The second kappa shape index (κ2) is 6.70. The minimum atomic E-state index is 0.182. The topological polar surface area (TPSA) is 45.6 Å². The molecule has 0 spiro atoms. The Hall–Kier alpha value is -1.36. The molecular formula is C14H19N3OS. The summed E-state index contributed by atoms with van der Waals surface area (Å²) in [5.74, 6) is 0.182. The van der Waals surface area contributed by atoms with Gasteiger partial charge in [0.05, 0.1) is 11.9 Å². The third kappa shape index (κ3) is 3.80. The molecule has 2 heterocycles. The van der Waals surface area contributed by atoms with E-state index in [2.05, 4.69) is 23.8 Å². The zero-order valence-electron chi connectivity index (χ0n) is 11.4. The summed E-state index contributed by atoms with van der Waals surface area (Å²) in [7, 11) is 0. The molecule has 1 aromatic heterocycles. The minimum Gasteiger partial charge on any atom is -0.290 e. The molecule has 102 valence electrons. The van der Waals surface area contributed by atoms with Gasteiger partial charge >= 0.3 is 0 Å². The van der Waals surface area contributed by atoms with E-state index in [-0.39, 0.29) is 5.91 Å². The first-order chi connectivity index (χ1) is 9.20. The Morgan fingerprint density at radius 3 is 3.16 bits per heavy atom. The van der Waals surface area contributed by atoms with Gasteiger partial charge in [0.25, 0.3) is 0 Å². The first-order valence-corrected chi connectivity index (χ1v) is 7.54. The van der Waals surface area contributed by atoms with Crippen molar-refractivity contribution in [3.8, 4) is 0 Å². The number of hydrogen-bond acceptors (Lipinski definition) is 4. The third-order valence-corrected chi connectivity index (χ3v) is 3.97. The number of amides is 1. The molecule has 1 aromatic rings. The SMILES string of the molecule is CCCCC(=O)N1C[C@H](C)SC1=Nc1cccnc1. The number of thioether (sulfide) groups is 1. The van der Waals surface area contributed by atoms with Crippen molar-refractivity contribution in [2.24, 2.45) is 4.99 Å². The number of amidine groups is 1. The number of carbonyl (C=O) groups is 1. The number of nitrogens with zero attached hydrogens (tertiary/aromatic N) is 3. The van der Waals surface area contributed by atoms with Gasteiger partial charge in [-0.25, -0.2) is 4.99 Å². The molecule has 0 unspecified atom stereocenters. The van der Waals surface area contributed by atoms with Gasteiger partial charge in [0, 0.05) is 24.4 Å². The molecule has 1 fully saturated rings. The fraction of sp³-hybridized carbons (Fsp3) is 0.500. The lowest BCUT2D eigenvalue weighted by Crippen LogP contribution is -2.32. The van der Waals surface area contributed by atoms with Crippen molar-refractivity contribution >= 4 is 28.5 Å². The normalized spacial score (nSPS) is 21.1. The van der Waals surface area contributed by atoms with E-state index >= 15 is 0 Å². The van der Waals surface area contributed by atoms with Crippen LogP contribution in [0.3, 0.4) is 0 Å². The van der Waals surface area contributed by atoms with E-state index in [1.54, 1.807) is 24.2 Å². The Labute approximate surface area is 118 Å². The van der Waals surface area contributed by atoms with E-state index < -0.39 is 0 Å². The number of pyridine rings is 1. The highest BCUT2D eigenvalue weighted by Crippen LogP contribution is 2.28. The standard InChI is InChI=1S/C14H19N3OS/c1-3-4-7-13(18)17-10-11(2)19-14(17)16-12-6-5-8-15-9-12/h5-6,8-9,11H,3-4,7,10H2,1-2H3/t11-/m0/s1. The number of hydrogen-bond donors (Lipinski definition) is 0. The van der Waals surface area contributed by atoms with Gasteiger partial charge in [-0.05, 0) is 18.6 Å². The quantitative estimate of drug-likeness (QED) is 0.849. The Morgan fingerprint density at radius 2 is 2.47 bits per heavy atom. The maximum absolute atomic E-state index is 12.2. The Bertz CT molecular complexity index is 461. The number of unbranched alkanes of at least 4 members (excludes halogenated alkanes) is 1. The summed E-state index contributed by atoms with van der Waals surface area (Å²) in [4.78, 5) is 22.6. The highest BCUT2D eigenvalue weighted by Gasteiger charge is 2.30. The van der Waals surface area contributed by atoms with Crippen molar-refractivity contribution in [1.82, 2.24) is 9.88 Å². The molecule has 1 atom stereocenters. The third-order valence-electron chi connectivity index (χ3n) is 2.89. The smallest absolute Gasteiger partial charge is 0.228 e.